The second-order valence-electron chi connectivity index (χ2n) is 0.855. The Balaban J connectivity index is -0.000000107. The van der Waals surface area contributed by atoms with Crippen LogP contribution in [-0.4, -0.2) is 17.5 Å². The van der Waals surface area contributed by atoms with Crippen LogP contribution < -0.4 is 14.7 Å². The molecule has 0 aromatic rings. The third kappa shape index (κ3) is 1790. The molecule has 0 aliphatic rings. The molecular weight excluding hydrogens is 287 g/mol. The Bertz CT molecular complexity index is 192. The van der Waals surface area contributed by atoms with E-state index in [2.05, 4.69) is 0 Å². The number of hydrogen-bond donors (Lipinski definition) is 0. The van der Waals surface area contributed by atoms with Crippen molar-refractivity contribution in [3.8, 4) is 0 Å². The van der Waals surface area contributed by atoms with Crippen molar-refractivity contribution in [2.24, 2.45) is 0 Å². The van der Waals surface area contributed by atoms with Crippen molar-refractivity contribution < 1.29 is 57.8 Å². The first-order valence-electron chi connectivity index (χ1n) is 1.40. The zero-order valence-corrected chi connectivity index (χ0v) is 8.25. The first-order valence-corrected chi connectivity index (χ1v) is 4.19. The molecule has 0 radical (unpaired) electrons. The van der Waals surface area contributed by atoms with Crippen molar-refractivity contribution >= 4 is 18.2 Å². The Hall–Kier alpha value is 0.668. The number of rotatable bonds is 0. The van der Waals surface area contributed by atoms with E-state index < -0.39 is 18.2 Å². The molecule has 0 bridgehead atoms. The molecule has 0 unspecified atom stereocenters. The van der Waals surface area contributed by atoms with Crippen LogP contribution >= 0.6 is 7.82 Å². The Morgan fingerprint density at radius 3 is 1.00 bits per heavy atom. The van der Waals surface area contributed by atoms with Crippen molar-refractivity contribution in [3.63, 3.8) is 0 Å². The summed E-state index contributed by atoms with van der Waals surface area (Å²) in [6.07, 6.45) is 0. The normalized spacial score (nSPS) is 10.6. The molecule has 0 aromatic heterocycles. The van der Waals surface area contributed by atoms with Crippen molar-refractivity contribution in [3.05, 3.63) is 0 Å². The molecule has 11 heavy (non-hydrogen) atoms. The maximum absolute atomic E-state index is 8.55. The summed E-state index contributed by atoms with van der Waals surface area (Å²) in [5.74, 6) is 0. The fourth-order valence-corrected chi connectivity index (χ4v) is 0. The van der Waals surface area contributed by atoms with Gasteiger partial charge >= 0.3 is 0 Å². The van der Waals surface area contributed by atoms with E-state index in [0.717, 1.165) is 0 Å². The molecule has 0 rings (SSSR count). The number of phosphoric acid groups is 1. The van der Waals surface area contributed by atoms with Gasteiger partial charge in [0, 0.05) is 31.5 Å². The molecule has 0 aliphatic heterocycles. The van der Waals surface area contributed by atoms with Crippen LogP contribution in [0.25, 0.3) is 0 Å². The van der Waals surface area contributed by atoms with Gasteiger partial charge in [-0.05, 0) is 0 Å². The topological polar surface area (TPSA) is 167 Å². The van der Waals surface area contributed by atoms with Gasteiger partial charge in [0.05, 0.1) is 0 Å². The van der Waals surface area contributed by atoms with Gasteiger partial charge in [0.2, 0.25) is 0 Å². The Labute approximate surface area is 76.3 Å². The molecule has 0 atom stereocenters. The minimum absolute atomic E-state index is 0. The maximum Gasteiger partial charge on any atom is 0.0311 e. The molecule has 11 heteroatoms. The van der Waals surface area contributed by atoms with Gasteiger partial charge in [0.1, 0.15) is 0 Å². The zero-order valence-electron chi connectivity index (χ0n) is 4.53. The van der Waals surface area contributed by atoms with E-state index in [1.54, 1.807) is 0 Å². The molecule has 0 fully saturated rings. The van der Waals surface area contributed by atoms with Gasteiger partial charge in [0.15, 0.2) is 0 Å². The summed E-state index contributed by atoms with van der Waals surface area (Å²) in [6, 6.07) is 0. The van der Waals surface area contributed by atoms with Crippen LogP contribution in [0.1, 0.15) is 0 Å². The van der Waals surface area contributed by atoms with E-state index in [1.165, 1.54) is 0 Å². The summed E-state index contributed by atoms with van der Waals surface area (Å²) in [5.41, 5.74) is 0. The van der Waals surface area contributed by atoms with Crippen LogP contribution in [-0.2, 0) is 36.0 Å². The van der Waals surface area contributed by atoms with Gasteiger partial charge in [-0.3, -0.25) is 8.42 Å². The van der Waals surface area contributed by atoms with E-state index in [1.807, 2.05) is 0 Å². The Morgan fingerprint density at radius 1 is 1.00 bits per heavy atom. The van der Waals surface area contributed by atoms with E-state index in [0.29, 0.717) is 0 Å². The summed E-state index contributed by atoms with van der Waals surface area (Å²) < 4.78 is 42.6. The summed E-state index contributed by atoms with van der Waals surface area (Å²) >= 11 is 0. The summed E-state index contributed by atoms with van der Waals surface area (Å²) in [5, 5.41) is 0. The largest absolute Gasteiger partial charge is 0.822 e. The average molecular weight is 287 g/mol. The van der Waals surface area contributed by atoms with Crippen LogP contribution in [0, 0.1) is 0 Å². The summed E-state index contributed by atoms with van der Waals surface area (Å²) in [7, 11) is -10.6. The summed E-state index contributed by atoms with van der Waals surface area (Å²) in [4.78, 5) is 25.6. The van der Waals surface area contributed by atoms with Gasteiger partial charge < -0.3 is 28.4 Å². The number of hydrogen-bond acceptors (Lipinski definition) is 8. The predicted molar refractivity (Wildman–Crippen MR) is 18.1 cm³/mol. The SMILES string of the molecule is O=P([O-])([O-])[O-].O=S(=O)([O-])[O-].[Mo]. The van der Waals surface area contributed by atoms with E-state index in [4.69, 9.17) is 36.8 Å². The van der Waals surface area contributed by atoms with E-state index >= 15 is 0 Å². The molecule has 0 saturated heterocycles. The Kier molecular flexibility index (Phi) is 9.98. The molecule has 0 aliphatic carbocycles. The quantitative estimate of drug-likeness (QED) is 0.187. The molecule has 0 spiro atoms. The standard InChI is InChI=1S/Mo.H3O4P.H2O4S/c;2*1-5(2,3)4/h;(H3,1,2,3,4);(H2,1,2,3,4)/p-5. The Morgan fingerprint density at radius 2 is 1.00 bits per heavy atom. The fourth-order valence-electron chi connectivity index (χ4n) is 0. The second kappa shape index (κ2) is 6.21. The predicted octanol–water partition coefficient (Wildman–Crippen LogP) is -4.17. The van der Waals surface area contributed by atoms with Crippen LogP contribution in [0.3, 0.4) is 0 Å². The first kappa shape index (κ1) is 17.7. The van der Waals surface area contributed by atoms with Crippen molar-refractivity contribution in [1.82, 2.24) is 0 Å². The summed E-state index contributed by atoms with van der Waals surface area (Å²) in [6.45, 7) is 0. The minimum atomic E-state index is -5.39. The molecular formula is MoO8PS-5. The van der Waals surface area contributed by atoms with Crippen molar-refractivity contribution in [1.29, 1.82) is 0 Å². The minimum Gasteiger partial charge on any atom is -0.822 e. The van der Waals surface area contributed by atoms with Gasteiger partial charge in [0.25, 0.3) is 0 Å². The van der Waals surface area contributed by atoms with Crippen molar-refractivity contribution in [2.45, 2.75) is 0 Å². The van der Waals surface area contributed by atoms with E-state index in [9.17, 15) is 0 Å². The van der Waals surface area contributed by atoms with Crippen LogP contribution in [0.2, 0.25) is 0 Å². The molecule has 0 heterocycles. The zero-order chi connectivity index (χ0) is 9.00. The van der Waals surface area contributed by atoms with Gasteiger partial charge in [-0.15, -0.1) is 0 Å². The molecule has 0 saturated carbocycles. The smallest absolute Gasteiger partial charge is 0.0311 e. The molecule has 70 valence electrons. The fraction of sp³-hybridized carbons (Fsp3) is 0. The van der Waals surface area contributed by atoms with Crippen LogP contribution in [0.4, 0.5) is 0 Å². The molecule has 0 N–H and O–H groups in total. The average Bonchev–Trinajstić information content (AvgIpc) is 1.12. The molecule has 0 aromatic carbocycles. The van der Waals surface area contributed by atoms with Crippen LogP contribution in [0.15, 0.2) is 0 Å². The van der Waals surface area contributed by atoms with Gasteiger partial charge in [-0.1, -0.05) is 0 Å². The molecule has 8 nitrogen and oxygen atoms in total. The van der Waals surface area contributed by atoms with Gasteiger partial charge in [-0.25, -0.2) is 0 Å². The van der Waals surface area contributed by atoms with Crippen molar-refractivity contribution in [2.75, 3.05) is 0 Å². The van der Waals surface area contributed by atoms with Gasteiger partial charge in [-0.2, -0.15) is 7.82 Å². The third-order valence-electron chi connectivity index (χ3n) is 0. The monoisotopic (exact) mass is 289 g/mol. The van der Waals surface area contributed by atoms with Crippen LogP contribution in [0.5, 0.6) is 0 Å². The third-order valence-corrected chi connectivity index (χ3v) is 0. The maximum atomic E-state index is 8.55. The first-order chi connectivity index (χ1) is 4.00. The van der Waals surface area contributed by atoms with E-state index in [-0.39, 0.29) is 21.1 Å². The molecule has 0 amide bonds. The second-order valence-corrected chi connectivity index (χ2v) is 2.57.